The summed E-state index contributed by atoms with van der Waals surface area (Å²) in [7, 11) is 0. The van der Waals surface area contributed by atoms with Crippen molar-refractivity contribution >= 4 is 0 Å². The zero-order chi connectivity index (χ0) is 9.73. The summed E-state index contributed by atoms with van der Waals surface area (Å²) in [6.45, 7) is 5.05. The van der Waals surface area contributed by atoms with E-state index in [4.69, 9.17) is 9.47 Å². The number of hydrogen-bond acceptors (Lipinski definition) is 3. The number of aliphatic hydroxyl groups is 1. The highest BCUT2D eigenvalue weighted by Gasteiger charge is 2.41. The van der Waals surface area contributed by atoms with Crippen LogP contribution in [0.15, 0.2) is 0 Å². The third-order valence-electron chi connectivity index (χ3n) is 2.54. The van der Waals surface area contributed by atoms with Crippen LogP contribution in [0.2, 0.25) is 0 Å². The molecule has 0 aromatic carbocycles. The molecule has 0 aromatic rings. The largest absolute Gasteiger partial charge is 0.388 e. The smallest absolute Gasteiger partial charge is 0.194 e. The minimum atomic E-state index is -0.707. The summed E-state index contributed by atoms with van der Waals surface area (Å²) in [5, 5.41) is 9.83. The van der Waals surface area contributed by atoms with E-state index in [1.807, 2.05) is 13.8 Å². The molecule has 13 heavy (non-hydrogen) atoms. The number of aliphatic hydroxyl groups excluding tert-OH is 1. The maximum absolute atomic E-state index is 9.83. The molecule has 0 spiro atoms. The highest BCUT2D eigenvalue weighted by Crippen LogP contribution is 2.32. The molecule has 1 N–H and O–H groups in total. The van der Waals surface area contributed by atoms with E-state index in [1.165, 1.54) is 0 Å². The number of rotatable bonds is 4. The van der Waals surface area contributed by atoms with Crippen LogP contribution in [0.4, 0.5) is 0 Å². The van der Waals surface area contributed by atoms with Gasteiger partial charge in [0.25, 0.3) is 0 Å². The van der Waals surface area contributed by atoms with Gasteiger partial charge in [0.15, 0.2) is 5.79 Å². The molecule has 1 saturated carbocycles. The molecular weight excluding hydrogens is 168 g/mol. The average molecular weight is 188 g/mol. The Kier molecular flexibility index (Phi) is 4.16. The Morgan fingerprint density at radius 2 is 1.85 bits per heavy atom. The topological polar surface area (TPSA) is 38.7 Å². The Labute approximate surface area is 80.0 Å². The predicted molar refractivity (Wildman–Crippen MR) is 50.5 cm³/mol. The Morgan fingerprint density at radius 3 is 2.31 bits per heavy atom. The third-order valence-corrected chi connectivity index (χ3v) is 2.54. The lowest BCUT2D eigenvalue weighted by Gasteiger charge is -2.40. The lowest BCUT2D eigenvalue weighted by Crippen LogP contribution is -2.49. The van der Waals surface area contributed by atoms with Crippen LogP contribution in [-0.4, -0.2) is 30.2 Å². The van der Waals surface area contributed by atoms with Crippen molar-refractivity contribution in [1.29, 1.82) is 0 Å². The van der Waals surface area contributed by atoms with Crippen molar-refractivity contribution in [3.8, 4) is 0 Å². The Morgan fingerprint density at radius 1 is 1.23 bits per heavy atom. The molecule has 0 bridgehead atoms. The molecule has 1 aliphatic carbocycles. The van der Waals surface area contributed by atoms with Gasteiger partial charge in [-0.25, -0.2) is 0 Å². The maximum atomic E-state index is 9.83. The Bertz CT molecular complexity index is 136. The Balaban J connectivity index is 2.61. The minimum absolute atomic E-state index is 0.457. The van der Waals surface area contributed by atoms with Crippen molar-refractivity contribution in [1.82, 2.24) is 0 Å². The molecule has 0 aromatic heterocycles. The first kappa shape index (κ1) is 11.0. The molecule has 0 amide bonds. The van der Waals surface area contributed by atoms with E-state index in [1.54, 1.807) is 0 Å². The van der Waals surface area contributed by atoms with Gasteiger partial charge in [0.2, 0.25) is 0 Å². The van der Waals surface area contributed by atoms with Gasteiger partial charge < -0.3 is 14.6 Å². The summed E-state index contributed by atoms with van der Waals surface area (Å²) >= 11 is 0. The van der Waals surface area contributed by atoms with Crippen molar-refractivity contribution in [2.45, 2.75) is 51.4 Å². The predicted octanol–water partition coefficient (Wildman–Crippen LogP) is 1.69. The monoisotopic (exact) mass is 188 g/mol. The van der Waals surface area contributed by atoms with E-state index in [2.05, 4.69) is 0 Å². The van der Waals surface area contributed by atoms with E-state index < -0.39 is 11.9 Å². The fraction of sp³-hybridized carbons (Fsp3) is 1.00. The average Bonchev–Trinajstić information content (AvgIpc) is 2.11. The van der Waals surface area contributed by atoms with Gasteiger partial charge in [0, 0.05) is 19.6 Å². The van der Waals surface area contributed by atoms with Crippen LogP contribution in [0.3, 0.4) is 0 Å². The van der Waals surface area contributed by atoms with Gasteiger partial charge in [0.1, 0.15) is 6.10 Å². The molecular formula is C10H20O3. The van der Waals surface area contributed by atoms with Crippen LogP contribution in [0.1, 0.15) is 39.5 Å². The van der Waals surface area contributed by atoms with E-state index in [0.29, 0.717) is 13.2 Å². The van der Waals surface area contributed by atoms with Crippen LogP contribution in [0, 0.1) is 0 Å². The first-order chi connectivity index (χ1) is 6.25. The van der Waals surface area contributed by atoms with Crippen LogP contribution < -0.4 is 0 Å². The fourth-order valence-corrected chi connectivity index (χ4v) is 1.96. The second kappa shape index (κ2) is 4.94. The van der Waals surface area contributed by atoms with E-state index in [0.717, 1.165) is 25.7 Å². The summed E-state index contributed by atoms with van der Waals surface area (Å²) in [5.41, 5.74) is 0. The van der Waals surface area contributed by atoms with Crippen molar-refractivity contribution in [2.75, 3.05) is 13.2 Å². The first-order valence-corrected chi connectivity index (χ1v) is 5.21. The molecule has 3 heteroatoms. The van der Waals surface area contributed by atoms with Gasteiger partial charge in [-0.15, -0.1) is 0 Å². The van der Waals surface area contributed by atoms with Gasteiger partial charge in [-0.05, 0) is 26.7 Å². The molecule has 0 unspecified atom stereocenters. The lowest BCUT2D eigenvalue weighted by atomic mass is 9.91. The summed E-state index contributed by atoms with van der Waals surface area (Å²) in [6.07, 6.45) is 3.30. The van der Waals surface area contributed by atoms with Gasteiger partial charge in [-0.2, -0.15) is 0 Å². The van der Waals surface area contributed by atoms with Crippen LogP contribution >= 0.6 is 0 Å². The summed E-state index contributed by atoms with van der Waals surface area (Å²) in [6, 6.07) is 0. The van der Waals surface area contributed by atoms with Crippen LogP contribution in [-0.2, 0) is 9.47 Å². The zero-order valence-electron chi connectivity index (χ0n) is 8.58. The third kappa shape index (κ3) is 2.42. The van der Waals surface area contributed by atoms with E-state index >= 15 is 0 Å². The van der Waals surface area contributed by atoms with E-state index in [9.17, 15) is 5.11 Å². The maximum Gasteiger partial charge on any atom is 0.194 e. The van der Waals surface area contributed by atoms with Gasteiger partial charge >= 0.3 is 0 Å². The van der Waals surface area contributed by atoms with Crippen LogP contribution in [0.5, 0.6) is 0 Å². The minimum Gasteiger partial charge on any atom is -0.388 e. The molecule has 3 nitrogen and oxygen atoms in total. The summed E-state index contributed by atoms with van der Waals surface area (Å²) in [4.78, 5) is 0. The SMILES string of the molecule is CCOC1(OCC)CCCC[C@H]1O. The molecule has 0 radical (unpaired) electrons. The number of hydrogen-bond donors (Lipinski definition) is 1. The molecule has 1 atom stereocenters. The van der Waals surface area contributed by atoms with Crippen LogP contribution in [0.25, 0.3) is 0 Å². The molecule has 1 fully saturated rings. The molecule has 0 aliphatic heterocycles. The standard InChI is InChI=1S/C10H20O3/c1-3-12-10(13-4-2)8-6-5-7-9(10)11/h9,11H,3-8H2,1-2H3/t9-/m1/s1. The van der Waals surface area contributed by atoms with Crippen molar-refractivity contribution < 1.29 is 14.6 Å². The number of ether oxygens (including phenoxy) is 2. The highest BCUT2D eigenvalue weighted by molar-refractivity contribution is 4.83. The van der Waals surface area contributed by atoms with Gasteiger partial charge in [-0.1, -0.05) is 6.42 Å². The summed E-state index contributed by atoms with van der Waals surface area (Å²) < 4.78 is 11.1. The molecule has 0 heterocycles. The zero-order valence-corrected chi connectivity index (χ0v) is 8.58. The highest BCUT2D eigenvalue weighted by atomic mass is 16.7. The quantitative estimate of drug-likeness (QED) is 0.682. The Hall–Kier alpha value is -0.120. The second-order valence-electron chi connectivity index (χ2n) is 3.44. The van der Waals surface area contributed by atoms with Crippen molar-refractivity contribution in [2.24, 2.45) is 0 Å². The van der Waals surface area contributed by atoms with Gasteiger partial charge in [0.05, 0.1) is 0 Å². The normalized spacial score (nSPS) is 27.5. The molecule has 0 saturated heterocycles. The second-order valence-corrected chi connectivity index (χ2v) is 3.44. The van der Waals surface area contributed by atoms with E-state index in [-0.39, 0.29) is 0 Å². The molecule has 1 aliphatic rings. The molecule has 1 rings (SSSR count). The fourth-order valence-electron chi connectivity index (χ4n) is 1.96. The first-order valence-electron chi connectivity index (χ1n) is 5.21. The summed E-state index contributed by atoms with van der Waals surface area (Å²) in [5.74, 6) is -0.707. The van der Waals surface area contributed by atoms with Crippen molar-refractivity contribution in [3.63, 3.8) is 0 Å². The lowest BCUT2D eigenvalue weighted by molar-refractivity contribution is -0.292. The molecule has 78 valence electrons. The van der Waals surface area contributed by atoms with Gasteiger partial charge in [-0.3, -0.25) is 0 Å². The van der Waals surface area contributed by atoms with Crippen molar-refractivity contribution in [3.05, 3.63) is 0 Å².